The standard InChI is InChI=1S/C19H24N4O2/c20-18-16(11-15(21-22-18)14-6-1-2-7-17(14)24)23-10-9-19(25)8-4-3-5-13(19)12-23/h1-2,6-7,11,13,24-25H,3-5,8-10,12H2,(H2,20,22). The van der Waals surface area contributed by atoms with Gasteiger partial charge in [-0.1, -0.05) is 25.0 Å². The zero-order chi connectivity index (χ0) is 17.4. The van der Waals surface area contributed by atoms with Gasteiger partial charge in [-0.3, -0.25) is 0 Å². The molecule has 2 heterocycles. The summed E-state index contributed by atoms with van der Waals surface area (Å²) >= 11 is 0. The van der Waals surface area contributed by atoms with Crippen molar-refractivity contribution in [2.75, 3.05) is 23.7 Å². The minimum atomic E-state index is -0.523. The molecular formula is C19H24N4O2. The van der Waals surface area contributed by atoms with Crippen LogP contribution in [0, 0.1) is 5.92 Å². The monoisotopic (exact) mass is 340 g/mol. The number of phenols is 1. The maximum atomic E-state index is 10.9. The van der Waals surface area contributed by atoms with Crippen molar-refractivity contribution in [2.45, 2.75) is 37.7 Å². The summed E-state index contributed by atoms with van der Waals surface area (Å²) < 4.78 is 0. The fourth-order valence-corrected chi connectivity index (χ4v) is 4.26. The molecule has 4 rings (SSSR count). The van der Waals surface area contributed by atoms with Crippen LogP contribution < -0.4 is 10.6 Å². The molecule has 0 bridgehead atoms. The van der Waals surface area contributed by atoms with Gasteiger partial charge in [0.2, 0.25) is 0 Å². The van der Waals surface area contributed by atoms with Gasteiger partial charge < -0.3 is 20.8 Å². The molecule has 2 unspecified atom stereocenters. The number of aliphatic hydroxyl groups is 1. The Hall–Kier alpha value is -2.34. The van der Waals surface area contributed by atoms with E-state index in [2.05, 4.69) is 15.1 Å². The number of piperidine rings is 1. The van der Waals surface area contributed by atoms with Crippen molar-refractivity contribution in [1.29, 1.82) is 0 Å². The fraction of sp³-hybridized carbons (Fsp3) is 0.474. The quantitative estimate of drug-likeness (QED) is 0.778. The van der Waals surface area contributed by atoms with E-state index < -0.39 is 5.60 Å². The summed E-state index contributed by atoms with van der Waals surface area (Å²) in [5.74, 6) is 0.837. The van der Waals surface area contributed by atoms with Gasteiger partial charge in [0.05, 0.1) is 17.0 Å². The lowest BCUT2D eigenvalue weighted by Crippen LogP contribution is -2.53. The summed E-state index contributed by atoms with van der Waals surface area (Å²) in [5.41, 5.74) is 7.65. The predicted molar refractivity (Wildman–Crippen MR) is 97.3 cm³/mol. The number of aromatic nitrogens is 2. The van der Waals surface area contributed by atoms with Gasteiger partial charge in [-0.2, -0.15) is 0 Å². The SMILES string of the molecule is Nc1nnc(-c2ccccc2O)cc1N1CCC2(O)CCCCC2C1. The molecule has 25 heavy (non-hydrogen) atoms. The second-order valence-electron chi connectivity index (χ2n) is 7.26. The van der Waals surface area contributed by atoms with Gasteiger partial charge in [0.1, 0.15) is 5.75 Å². The molecule has 0 radical (unpaired) electrons. The van der Waals surface area contributed by atoms with E-state index in [0.29, 0.717) is 17.1 Å². The Bertz CT molecular complexity index is 782. The average Bonchev–Trinajstić information content (AvgIpc) is 2.62. The smallest absolute Gasteiger partial charge is 0.169 e. The first-order chi connectivity index (χ1) is 12.1. The van der Waals surface area contributed by atoms with Crippen LogP contribution in [0.5, 0.6) is 5.75 Å². The van der Waals surface area contributed by atoms with Crippen LogP contribution in [0.1, 0.15) is 32.1 Å². The Morgan fingerprint density at radius 1 is 1.16 bits per heavy atom. The van der Waals surface area contributed by atoms with Crippen LogP contribution in [0.4, 0.5) is 11.5 Å². The van der Waals surface area contributed by atoms with Gasteiger partial charge in [-0.05, 0) is 37.5 Å². The number of nitrogen functional groups attached to an aromatic ring is 1. The van der Waals surface area contributed by atoms with Gasteiger partial charge in [-0.15, -0.1) is 10.2 Å². The van der Waals surface area contributed by atoms with Gasteiger partial charge in [0.25, 0.3) is 0 Å². The number of fused-ring (bicyclic) bond motifs is 1. The first-order valence-electron chi connectivity index (χ1n) is 8.96. The lowest BCUT2D eigenvalue weighted by atomic mass is 9.71. The number of rotatable bonds is 2. The number of nitrogens with zero attached hydrogens (tertiary/aromatic N) is 3. The zero-order valence-electron chi connectivity index (χ0n) is 14.2. The van der Waals surface area contributed by atoms with Crippen LogP contribution in [-0.2, 0) is 0 Å². The molecular weight excluding hydrogens is 316 g/mol. The van der Waals surface area contributed by atoms with Crippen molar-refractivity contribution in [3.8, 4) is 17.0 Å². The average molecular weight is 340 g/mol. The van der Waals surface area contributed by atoms with Crippen molar-refractivity contribution in [1.82, 2.24) is 10.2 Å². The molecule has 0 spiro atoms. The van der Waals surface area contributed by atoms with Crippen molar-refractivity contribution >= 4 is 11.5 Å². The molecule has 1 saturated heterocycles. The second-order valence-corrected chi connectivity index (χ2v) is 7.26. The molecule has 4 N–H and O–H groups in total. The van der Waals surface area contributed by atoms with E-state index in [1.807, 2.05) is 18.2 Å². The number of anilines is 2. The van der Waals surface area contributed by atoms with E-state index in [0.717, 1.165) is 44.5 Å². The van der Waals surface area contributed by atoms with E-state index in [9.17, 15) is 10.2 Å². The Balaban J connectivity index is 1.64. The van der Waals surface area contributed by atoms with Gasteiger partial charge in [-0.25, -0.2) is 0 Å². The molecule has 2 fully saturated rings. The number of aromatic hydroxyl groups is 1. The van der Waals surface area contributed by atoms with Crippen molar-refractivity contribution in [2.24, 2.45) is 5.92 Å². The second kappa shape index (κ2) is 6.19. The maximum absolute atomic E-state index is 10.9. The largest absolute Gasteiger partial charge is 0.507 e. The normalized spacial score (nSPS) is 26.3. The van der Waals surface area contributed by atoms with E-state index in [-0.39, 0.29) is 11.7 Å². The van der Waals surface area contributed by atoms with Crippen LogP contribution in [0.3, 0.4) is 0 Å². The van der Waals surface area contributed by atoms with Gasteiger partial charge in [0.15, 0.2) is 5.82 Å². The topological polar surface area (TPSA) is 95.5 Å². The third kappa shape index (κ3) is 2.91. The molecule has 132 valence electrons. The summed E-state index contributed by atoms with van der Waals surface area (Å²) in [6.07, 6.45) is 5.00. The van der Waals surface area contributed by atoms with Crippen LogP contribution in [-0.4, -0.2) is 39.1 Å². The number of para-hydroxylation sites is 1. The highest BCUT2D eigenvalue weighted by Crippen LogP contribution is 2.42. The molecule has 0 amide bonds. The minimum Gasteiger partial charge on any atom is -0.507 e. The molecule has 2 aliphatic rings. The Kier molecular flexibility index (Phi) is 4.00. The molecule has 6 heteroatoms. The summed E-state index contributed by atoms with van der Waals surface area (Å²) in [7, 11) is 0. The van der Waals surface area contributed by atoms with Crippen molar-refractivity contribution in [3.63, 3.8) is 0 Å². The summed E-state index contributed by atoms with van der Waals surface area (Å²) in [6, 6.07) is 8.98. The molecule has 2 aromatic rings. The third-order valence-electron chi connectivity index (χ3n) is 5.75. The van der Waals surface area contributed by atoms with Gasteiger partial charge >= 0.3 is 0 Å². The fourth-order valence-electron chi connectivity index (χ4n) is 4.26. The van der Waals surface area contributed by atoms with E-state index in [1.165, 1.54) is 6.42 Å². The Morgan fingerprint density at radius 3 is 2.84 bits per heavy atom. The van der Waals surface area contributed by atoms with Crippen LogP contribution >= 0.6 is 0 Å². The van der Waals surface area contributed by atoms with Crippen molar-refractivity contribution < 1.29 is 10.2 Å². The van der Waals surface area contributed by atoms with E-state index in [1.54, 1.807) is 12.1 Å². The number of nitrogens with two attached hydrogens (primary N) is 1. The van der Waals surface area contributed by atoms with Crippen LogP contribution in [0.2, 0.25) is 0 Å². The van der Waals surface area contributed by atoms with E-state index in [4.69, 9.17) is 5.73 Å². The number of benzene rings is 1. The lowest BCUT2D eigenvalue weighted by Gasteiger charge is -2.48. The highest BCUT2D eigenvalue weighted by atomic mass is 16.3. The van der Waals surface area contributed by atoms with Crippen LogP contribution in [0.25, 0.3) is 11.3 Å². The molecule has 1 aliphatic carbocycles. The summed E-state index contributed by atoms with van der Waals surface area (Å²) in [5, 5.41) is 29.2. The third-order valence-corrected chi connectivity index (χ3v) is 5.75. The summed E-state index contributed by atoms with van der Waals surface area (Å²) in [4.78, 5) is 2.21. The highest BCUT2D eigenvalue weighted by Gasteiger charge is 2.43. The first-order valence-corrected chi connectivity index (χ1v) is 8.96. The molecule has 1 aromatic carbocycles. The Morgan fingerprint density at radius 2 is 2.00 bits per heavy atom. The molecule has 1 aliphatic heterocycles. The number of hydrogen-bond acceptors (Lipinski definition) is 6. The molecule has 1 aromatic heterocycles. The molecule has 6 nitrogen and oxygen atoms in total. The first kappa shape index (κ1) is 16.1. The Labute approximate surface area is 147 Å². The molecule has 2 atom stereocenters. The summed E-state index contributed by atoms with van der Waals surface area (Å²) in [6.45, 7) is 1.54. The molecule has 1 saturated carbocycles. The highest BCUT2D eigenvalue weighted by molar-refractivity contribution is 5.74. The number of hydrogen-bond donors (Lipinski definition) is 3. The van der Waals surface area contributed by atoms with E-state index >= 15 is 0 Å². The van der Waals surface area contributed by atoms with Gasteiger partial charge in [0, 0.05) is 24.6 Å². The zero-order valence-corrected chi connectivity index (χ0v) is 14.2. The predicted octanol–water partition coefficient (Wildman–Crippen LogP) is 2.56. The maximum Gasteiger partial charge on any atom is 0.169 e. The minimum absolute atomic E-state index is 0.174. The lowest BCUT2D eigenvalue weighted by molar-refractivity contribution is -0.0612. The number of phenolic OH excluding ortho intramolecular Hbond substituents is 1. The van der Waals surface area contributed by atoms with Crippen molar-refractivity contribution in [3.05, 3.63) is 30.3 Å². The van der Waals surface area contributed by atoms with Crippen LogP contribution in [0.15, 0.2) is 30.3 Å².